The molecular formula is C6H4ClF3N2O2. The molecule has 4 nitrogen and oxygen atoms in total. The van der Waals surface area contributed by atoms with Crippen LogP contribution in [-0.4, -0.2) is 20.9 Å². The molecule has 14 heavy (non-hydrogen) atoms. The molecule has 0 unspecified atom stereocenters. The van der Waals surface area contributed by atoms with E-state index < -0.39 is 28.6 Å². The van der Waals surface area contributed by atoms with Crippen molar-refractivity contribution >= 4 is 17.6 Å². The average Bonchev–Trinajstić information content (AvgIpc) is 2.27. The Morgan fingerprint density at radius 2 is 2.14 bits per heavy atom. The van der Waals surface area contributed by atoms with Crippen LogP contribution in [0.5, 0.6) is 0 Å². The van der Waals surface area contributed by atoms with E-state index in [-0.39, 0.29) is 0 Å². The summed E-state index contributed by atoms with van der Waals surface area (Å²) in [6.07, 6.45) is 0. The molecule has 1 heterocycles. The van der Waals surface area contributed by atoms with Crippen LogP contribution in [0.1, 0.15) is 16.1 Å². The Morgan fingerprint density at radius 1 is 1.64 bits per heavy atom. The zero-order valence-corrected chi connectivity index (χ0v) is 7.52. The van der Waals surface area contributed by atoms with Gasteiger partial charge < -0.3 is 5.11 Å². The maximum atomic E-state index is 12.9. The zero-order chi connectivity index (χ0) is 11.1. The molecule has 8 heteroatoms. The second kappa shape index (κ2) is 3.16. The van der Waals surface area contributed by atoms with Gasteiger partial charge in [-0.25, -0.2) is 9.48 Å². The molecule has 1 aromatic rings. The molecule has 0 radical (unpaired) electrons. The van der Waals surface area contributed by atoms with Gasteiger partial charge in [0.25, 0.3) is 0 Å². The molecular weight excluding hydrogens is 225 g/mol. The molecule has 0 aliphatic heterocycles. The molecule has 1 N–H and O–H groups in total. The summed E-state index contributed by atoms with van der Waals surface area (Å²) in [7, 11) is 0.994. The van der Waals surface area contributed by atoms with Gasteiger partial charge in [-0.15, -0.1) is 0 Å². The van der Waals surface area contributed by atoms with Gasteiger partial charge in [0.15, 0.2) is 5.69 Å². The lowest BCUT2D eigenvalue weighted by Crippen LogP contribution is -2.11. The number of alkyl halides is 3. The second-order valence-corrected chi connectivity index (χ2v) is 2.92. The van der Waals surface area contributed by atoms with Crippen molar-refractivity contribution in [2.75, 3.05) is 0 Å². The smallest absolute Gasteiger partial charge is 0.367 e. The van der Waals surface area contributed by atoms with Gasteiger partial charge in [0.2, 0.25) is 5.95 Å². The van der Waals surface area contributed by atoms with Crippen molar-refractivity contribution in [3.05, 3.63) is 17.2 Å². The predicted octanol–water partition coefficient (Wildman–Crippen LogP) is 1.55. The number of carbonyl (C=O) groups is 1. The third-order valence-electron chi connectivity index (χ3n) is 1.46. The van der Waals surface area contributed by atoms with Crippen LogP contribution >= 0.6 is 11.6 Å². The van der Waals surface area contributed by atoms with Crippen LogP contribution in [0.15, 0.2) is 0 Å². The highest BCUT2D eigenvalue weighted by atomic mass is 35.5. The van der Waals surface area contributed by atoms with Gasteiger partial charge in [-0.2, -0.15) is 18.3 Å². The summed E-state index contributed by atoms with van der Waals surface area (Å²) in [4.78, 5) is 10.4. The van der Waals surface area contributed by atoms with Crippen LogP contribution < -0.4 is 0 Å². The van der Waals surface area contributed by atoms with Gasteiger partial charge in [0.05, 0.1) is 0 Å². The Morgan fingerprint density at radius 3 is 2.43 bits per heavy atom. The summed E-state index contributed by atoms with van der Waals surface area (Å²) in [6.45, 7) is 0. The van der Waals surface area contributed by atoms with Gasteiger partial charge >= 0.3 is 11.4 Å². The minimum absolute atomic E-state index is 0.384. The van der Waals surface area contributed by atoms with E-state index in [1.165, 1.54) is 0 Å². The molecule has 0 spiro atoms. The first-order valence-electron chi connectivity index (χ1n) is 3.28. The number of hydrogen-bond donors (Lipinski definition) is 1. The number of nitrogens with zero attached hydrogens (tertiary/aromatic N) is 2. The molecule has 0 fully saturated rings. The van der Waals surface area contributed by atoms with Crippen LogP contribution in [-0.2, 0) is 12.4 Å². The highest BCUT2D eigenvalue weighted by Crippen LogP contribution is 2.34. The highest BCUT2D eigenvalue weighted by Gasteiger charge is 2.39. The summed E-state index contributed by atoms with van der Waals surface area (Å²) in [5.74, 6) is -3.21. The molecule has 0 aliphatic carbocycles. The molecule has 0 atom stereocenters. The van der Waals surface area contributed by atoms with Crippen molar-refractivity contribution < 1.29 is 23.1 Å². The standard InChI is InChI=1S/C6H4ClF3N2O2/c1-12-4(8)2(5(13)14)3(11-12)6(7,9)10/h1H3,(H,13,14). The quantitative estimate of drug-likeness (QED) is 0.782. The van der Waals surface area contributed by atoms with Gasteiger partial charge in [0, 0.05) is 7.05 Å². The maximum absolute atomic E-state index is 12.9. The third-order valence-corrected chi connectivity index (χ3v) is 1.64. The van der Waals surface area contributed by atoms with Crippen molar-refractivity contribution in [3.8, 4) is 0 Å². The summed E-state index contributed by atoms with van der Waals surface area (Å²) >= 11 is 4.55. The average molecular weight is 229 g/mol. The van der Waals surface area contributed by atoms with E-state index in [0.29, 0.717) is 4.68 Å². The molecule has 0 aliphatic rings. The van der Waals surface area contributed by atoms with Crippen molar-refractivity contribution in [2.45, 2.75) is 5.38 Å². The Hall–Kier alpha value is -1.24. The molecule has 1 rings (SSSR count). The normalized spacial score (nSPS) is 11.8. The van der Waals surface area contributed by atoms with Crippen molar-refractivity contribution in [1.29, 1.82) is 0 Å². The fraction of sp³-hybridized carbons (Fsp3) is 0.333. The van der Waals surface area contributed by atoms with Crippen molar-refractivity contribution in [1.82, 2.24) is 9.78 Å². The number of halogens is 4. The molecule has 0 aromatic carbocycles. The SMILES string of the molecule is Cn1nc(C(F)(F)Cl)c(C(=O)O)c1F. The van der Waals surface area contributed by atoms with Gasteiger partial charge in [-0.1, -0.05) is 0 Å². The predicted molar refractivity (Wildman–Crippen MR) is 39.9 cm³/mol. The first-order valence-corrected chi connectivity index (χ1v) is 3.66. The zero-order valence-electron chi connectivity index (χ0n) is 6.76. The van der Waals surface area contributed by atoms with E-state index in [1.54, 1.807) is 0 Å². The number of aromatic carboxylic acids is 1. The summed E-state index contributed by atoms with van der Waals surface area (Å²) in [5.41, 5.74) is -2.51. The van der Waals surface area contributed by atoms with Crippen LogP contribution in [0, 0.1) is 5.95 Å². The molecule has 1 aromatic heterocycles. The number of carboxylic acids is 1. The van der Waals surface area contributed by atoms with E-state index in [1.807, 2.05) is 0 Å². The summed E-state index contributed by atoms with van der Waals surface area (Å²) < 4.78 is 38.4. The largest absolute Gasteiger partial charge is 0.477 e. The fourth-order valence-corrected chi connectivity index (χ4v) is 1.02. The molecule has 0 amide bonds. The Bertz CT molecular complexity index is 385. The molecule has 0 bridgehead atoms. The van der Waals surface area contributed by atoms with Crippen molar-refractivity contribution in [2.24, 2.45) is 7.05 Å². The van der Waals surface area contributed by atoms with Crippen LogP contribution in [0.2, 0.25) is 0 Å². The Kier molecular flexibility index (Phi) is 2.45. The number of rotatable bonds is 2. The van der Waals surface area contributed by atoms with Gasteiger partial charge in [-0.3, -0.25) is 0 Å². The minimum Gasteiger partial charge on any atom is -0.477 e. The number of hydrogen-bond acceptors (Lipinski definition) is 2. The first kappa shape index (κ1) is 10.8. The lowest BCUT2D eigenvalue weighted by atomic mass is 10.2. The monoisotopic (exact) mass is 228 g/mol. The number of aromatic nitrogens is 2. The van der Waals surface area contributed by atoms with Crippen LogP contribution in [0.3, 0.4) is 0 Å². The van der Waals surface area contributed by atoms with Gasteiger partial charge in [0.1, 0.15) is 5.56 Å². The maximum Gasteiger partial charge on any atom is 0.367 e. The topological polar surface area (TPSA) is 55.1 Å². The van der Waals surface area contributed by atoms with Crippen LogP contribution in [0.25, 0.3) is 0 Å². The van der Waals surface area contributed by atoms with Crippen LogP contribution in [0.4, 0.5) is 13.2 Å². The minimum atomic E-state index is -4.00. The molecule has 0 saturated carbocycles. The number of carboxylic acid groups (broad SMARTS) is 1. The van der Waals surface area contributed by atoms with E-state index in [2.05, 4.69) is 16.7 Å². The third kappa shape index (κ3) is 1.67. The summed E-state index contributed by atoms with van der Waals surface area (Å²) in [6, 6.07) is 0. The molecule has 0 saturated heterocycles. The fourth-order valence-electron chi connectivity index (χ4n) is 0.891. The lowest BCUT2D eigenvalue weighted by molar-refractivity contribution is 0.0648. The van der Waals surface area contributed by atoms with Gasteiger partial charge in [-0.05, 0) is 11.6 Å². The summed E-state index contributed by atoms with van der Waals surface area (Å²) in [5, 5.41) is 7.42. The number of aryl methyl sites for hydroxylation is 1. The Labute approximate surface area is 80.9 Å². The first-order chi connectivity index (χ1) is 6.25. The van der Waals surface area contributed by atoms with Crippen molar-refractivity contribution in [3.63, 3.8) is 0 Å². The Balaban J connectivity index is 3.45. The van der Waals surface area contributed by atoms with E-state index in [9.17, 15) is 18.0 Å². The van der Waals surface area contributed by atoms with E-state index in [0.717, 1.165) is 7.05 Å². The second-order valence-electron chi connectivity index (χ2n) is 2.44. The molecule has 78 valence electrons. The van der Waals surface area contributed by atoms with E-state index >= 15 is 0 Å². The lowest BCUT2D eigenvalue weighted by Gasteiger charge is -2.03. The van der Waals surface area contributed by atoms with E-state index in [4.69, 9.17) is 5.11 Å². The highest BCUT2D eigenvalue weighted by molar-refractivity contribution is 6.22.